The van der Waals surface area contributed by atoms with Crippen molar-refractivity contribution in [2.24, 2.45) is 11.3 Å². The molecule has 98 valence electrons. The van der Waals surface area contributed by atoms with Crippen molar-refractivity contribution >= 4 is 5.91 Å². The summed E-state index contributed by atoms with van der Waals surface area (Å²) in [7, 11) is 0. The third-order valence-electron chi connectivity index (χ3n) is 4.21. The molecule has 4 nitrogen and oxygen atoms in total. The van der Waals surface area contributed by atoms with Crippen LogP contribution in [0.15, 0.2) is 0 Å². The van der Waals surface area contributed by atoms with Crippen molar-refractivity contribution in [3.05, 3.63) is 0 Å². The van der Waals surface area contributed by atoms with Crippen molar-refractivity contribution in [1.29, 1.82) is 0 Å². The number of hydrogen-bond donors (Lipinski definition) is 2. The zero-order valence-electron chi connectivity index (χ0n) is 10.9. The zero-order chi connectivity index (χ0) is 12.3. The van der Waals surface area contributed by atoms with Crippen LogP contribution in [0.25, 0.3) is 0 Å². The molecule has 0 aromatic carbocycles. The van der Waals surface area contributed by atoms with E-state index in [4.69, 9.17) is 4.74 Å². The molecule has 2 fully saturated rings. The van der Waals surface area contributed by atoms with Gasteiger partial charge in [0.05, 0.1) is 12.6 Å². The highest BCUT2D eigenvalue weighted by Gasteiger charge is 2.42. The van der Waals surface area contributed by atoms with Gasteiger partial charge in [-0.15, -0.1) is 0 Å². The Kier molecular flexibility index (Phi) is 4.05. The molecule has 0 unspecified atom stereocenters. The SMILES string of the molecule is CC(C)C(=O)N[C@H]1COCCC12CCNCC2. The first-order valence-electron chi connectivity index (χ1n) is 6.73. The molecule has 2 saturated heterocycles. The summed E-state index contributed by atoms with van der Waals surface area (Å²) in [6.07, 6.45) is 3.39. The van der Waals surface area contributed by atoms with Crippen molar-refractivity contribution in [2.45, 2.75) is 39.2 Å². The third-order valence-corrected chi connectivity index (χ3v) is 4.21. The van der Waals surface area contributed by atoms with E-state index in [1.54, 1.807) is 0 Å². The fraction of sp³-hybridized carbons (Fsp3) is 0.923. The van der Waals surface area contributed by atoms with Gasteiger partial charge in [0, 0.05) is 12.5 Å². The van der Waals surface area contributed by atoms with E-state index in [9.17, 15) is 4.79 Å². The first-order chi connectivity index (χ1) is 8.14. The van der Waals surface area contributed by atoms with Gasteiger partial charge in [-0.1, -0.05) is 13.8 Å². The Morgan fingerprint density at radius 1 is 1.35 bits per heavy atom. The maximum atomic E-state index is 11.9. The first-order valence-corrected chi connectivity index (χ1v) is 6.73. The number of carbonyl (C=O) groups excluding carboxylic acids is 1. The number of ether oxygens (including phenoxy) is 1. The van der Waals surface area contributed by atoms with Crippen LogP contribution in [0, 0.1) is 11.3 Å². The van der Waals surface area contributed by atoms with E-state index in [0.717, 1.165) is 39.0 Å². The predicted molar refractivity (Wildman–Crippen MR) is 66.7 cm³/mol. The molecule has 2 rings (SSSR count). The Morgan fingerprint density at radius 2 is 2.06 bits per heavy atom. The Balaban J connectivity index is 2.03. The minimum Gasteiger partial charge on any atom is -0.379 e. The van der Waals surface area contributed by atoms with E-state index >= 15 is 0 Å². The lowest BCUT2D eigenvalue weighted by Gasteiger charge is -2.47. The van der Waals surface area contributed by atoms with E-state index in [0.29, 0.717) is 6.61 Å². The molecular formula is C13H24N2O2. The van der Waals surface area contributed by atoms with Gasteiger partial charge in [0.2, 0.25) is 5.91 Å². The Hall–Kier alpha value is -0.610. The maximum Gasteiger partial charge on any atom is 0.222 e. The summed E-state index contributed by atoms with van der Waals surface area (Å²) in [6.45, 7) is 7.52. The average molecular weight is 240 g/mol. The summed E-state index contributed by atoms with van der Waals surface area (Å²) in [6, 6.07) is 0.202. The molecule has 2 aliphatic rings. The van der Waals surface area contributed by atoms with Crippen LogP contribution in [0.1, 0.15) is 33.1 Å². The summed E-state index contributed by atoms with van der Waals surface area (Å²) in [5, 5.41) is 6.59. The minimum absolute atomic E-state index is 0.0516. The highest BCUT2D eigenvalue weighted by atomic mass is 16.5. The predicted octanol–water partition coefficient (Wildman–Crippen LogP) is 0.917. The van der Waals surface area contributed by atoms with E-state index < -0.39 is 0 Å². The van der Waals surface area contributed by atoms with E-state index in [2.05, 4.69) is 10.6 Å². The van der Waals surface area contributed by atoms with E-state index in [1.165, 1.54) is 0 Å². The van der Waals surface area contributed by atoms with Gasteiger partial charge in [0.1, 0.15) is 0 Å². The van der Waals surface area contributed by atoms with Crippen LogP contribution >= 0.6 is 0 Å². The fourth-order valence-electron chi connectivity index (χ4n) is 2.88. The molecule has 1 spiro atoms. The van der Waals surface area contributed by atoms with Crippen LogP contribution in [0.5, 0.6) is 0 Å². The summed E-state index contributed by atoms with van der Waals surface area (Å²) >= 11 is 0. The molecular weight excluding hydrogens is 216 g/mol. The Morgan fingerprint density at radius 3 is 2.71 bits per heavy atom. The van der Waals surface area contributed by atoms with Crippen molar-refractivity contribution in [1.82, 2.24) is 10.6 Å². The molecule has 17 heavy (non-hydrogen) atoms. The molecule has 0 aromatic heterocycles. The molecule has 0 aromatic rings. The average Bonchev–Trinajstić information content (AvgIpc) is 2.33. The van der Waals surface area contributed by atoms with Gasteiger partial charge in [-0.25, -0.2) is 0 Å². The number of hydrogen-bond acceptors (Lipinski definition) is 3. The highest BCUT2D eigenvalue weighted by Crippen LogP contribution is 2.39. The number of piperidine rings is 1. The Labute approximate surface area is 103 Å². The second-order valence-corrected chi connectivity index (χ2v) is 5.65. The maximum absolute atomic E-state index is 11.9. The zero-order valence-corrected chi connectivity index (χ0v) is 10.9. The van der Waals surface area contributed by atoms with Crippen molar-refractivity contribution in [3.8, 4) is 0 Å². The standard InChI is InChI=1S/C13H24N2O2/c1-10(2)12(16)15-11-9-17-8-5-13(11)3-6-14-7-4-13/h10-11,14H,3-9H2,1-2H3,(H,15,16)/t11-/m0/s1. The van der Waals surface area contributed by atoms with Crippen LogP contribution in [-0.4, -0.2) is 38.3 Å². The number of rotatable bonds is 2. The lowest BCUT2D eigenvalue weighted by atomic mass is 9.69. The van der Waals surface area contributed by atoms with Gasteiger partial charge >= 0.3 is 0 Å². The second kappa shape index (κ2) is 5.36. The molecule has 4 heteroatoms. The molecule has 1 amide bonds. The fourth-order valence-corrected chi connectivity index (χ4v) is 2.88. The quantitative estimate of drug-likeness (QED) is 0.754. The number of nitrogens with one attached hydrogen (secondary N) is 2. The van der Waals surface area contributed by atoms with Gasteiger partial charge < -0.3 is 15.4 Å². The summed E-state index contributed by atoms with van der Waals surface area (Å²) in [5.74, 6) is 0.203. The number of carbonyl (C=O) groups is 1. The monoisotopic (exact) mass is 240 g/mol. The molecule has 2 heterocycles. The van der Waals surface area contributed by atoms with Crippen molar-refractivity contribution in [2.75, 3.05) is 26.3 Å². The number of amides is 1. The largest absolute Gasteiger partial charge is 0.379 e. The molecule has 0 aliphatic carbocycles. The topological polar surface area (TPSA) is 50.4 Å². The molecule has 2 aliphatic heterocycles. The van der Waals surface area contributed by atoms with Crippen LogP contribution in [0.2, 0.25) is 0 Å². The van der Waals surface area contributed by atoms with Gasteiger partial charge in [0.15, 0.2) is 0 Å². The molecule has 0 bridgehead atoms. The Bertz CT molecular complexity index is 264. The van der Waals surface area contributed by atoms with Gasteiger partial charge in [-0.05, 0) is 37.8 Å². The smallest absolute Gasteiger partial charge is 0.222 e. The van der Waals surface area contributed by atoms with E-state index in [-0.39, 0.29) is 23.3 Å². The molecule has 2 N–H and O–H groups in total. The van der Waals surface area contributed by atoms with E-state index in [1.807, 2.05) is 13.8 Å². The van der Waals surface area contributed by atoms with Gasteiger partial charge in [0.25, 0.3) is 0 Å². The third kappa shape index (κ3) is 2.80. The van der Waals surface area contributed by atoms with Gasteiger partial charge in [-0.2, -0.15) is 0 Å². The van der Waals surface area contributed by atoms with Crippen molar-refractivity contribution in [3.63, 3.8) is 0 Å². The lowest BCUT2D eigenvalue weighted by Crippen LogP contribution is -2.57. The van der Waals surface area contributed by atoms with Crippen LogP contribution < -0.4 is 10.6 Å². The molecule has 0 saturated carbocycles. The first kappa shape index (κ1) is 12.8. The summed E-state index contributed by atoms with van der Waals surface area (Å²) in [4.78, 5) is 11.9. The minimum atomic E-state index is 0.0516. The lowest BCUT2D eigenvalue weighted by molar-refractivity contribution is -0.128. The van der Waals surface area contributed by atoms with Crippen molar-refractivity contribution < 1.29 is 9.53 Å². The second-order valence-electron chi connectivity index (χ2n) is 5.65. The van der Waals surface area contributed by atoms with Crippen LogP contribution in [0.3, 0.4) is 0 Å². The van der Waals surface area contributed by atoms with Crippen LogP contribution in [-0.2, 0) is 9.53 Å². The molecule has 0 radical (unpaired) electrons. The summed E-state index contributed by atoms with van der Waals surface area (Å²) in [5.41, 5.74) is 0.272. The molecule has 1 atom stereocenters. The van der Waals surface area contributed by atoms with Crippen LogP contribution in [0.4, 0.5) is 0 Å². The highest BCUT2D eigenvalue weighted by molar-refractivity contribution is 5.78. The van der Waals surface area contributed by atoms with Gasteiger partial charge in [-0.3, -0.25) is 4.79 Å². The normalized spacial score (nSPS) is 28.3. The summed E-state index contributed by atoms with van der Waals surface area (Å²) < 4.78 is 5.56.